The van der Waals surface area contributed by atoms with Crippen LogP contribution in [0.2, 0.25) is 5.02 Å². The number of amides is 1. The van der Waals surface area contributed by atoms with Crippen molar-refractivity contribution in [2.75, 3.05) is 0 Å². The molecule has 2 aliphatic heterocycles. The number of carbonyl (C=O) groups excluding carboxylic acids is 1. The minimum Gasteiger partial charge on any atom is -0.311 e. The molecule has 0 aromatic heterocycles. The van der Waals surface area contributed by atoms with Gasteiger partial charge >= 0.3 is 0 Å². The van der Waals surface area contributed by atoms with E-state index in [0.29, 0.717) is 31.0 Å². The Kier molecular flexibility index (Phi) is 4.90. The van der Waals surface area contributed by atoms with Gasteiger partial charge in [-0.05, 0) is 55.2 Å². The maximum atomic E-state index is 12.6. The van der Waals surface area contributed by atoms with E-state index in [9.17, 15) is 4.79 Å². The number of nitrogens with zero attached hydrogens (tertiary/aromatic N) is 1. The van der Waals surface area contributed by atoms with Gasteiger partial charge in [0.05, 0.1) is 13.9 Å². The number of hydrogen-bond acceptors (Lipinski definition) is 3. The molecule has 2 aliphatic rings. The highest BCUT2D eigenvalue weighted by molar-refractivity contribution is 7.95. The molecular formula is C15H18ClN2OPS. The molecule has 1 N–H and O–H groups in total. The third kappa shape index (κ3) is 3.62. The first-order valence-electron chi connectivity index (χ1n) is 7.31. The maximum Gasteiger partial charge on any atom is 0.235 e. The zero-order valence-electron chi connectivity index (χ0n) is 11.7. The Morgan fingerprint density at radius 1 is 1.38 bits per heavy atom. The molecule has 2 bridgehead atoms. The van der Waals surface area contributed by atoms with Crippen LogP contribution in [-0.2, 0) is 23.0 Å². The van der Waals surface area contributed by atoms with E-state index in [1.807, 2.05) is 28.9 Å². The third-order valence-electron chi connectivity index (χ3n) is 4.38. The standard InChI is InChI=1S/C15H18ClN2OPS/c16-11-3-1-2-10(6-11)7-15(19)18(20-21)14-8-12-4-5-13(9-14)17-12/h1-3,6,12-14,17H,4-5,7-9H2/t12-,13+,14?. The number of rotatable bonds is 4. The molecule has 0 radical (unpaired) electrons. The fourth-order valence-electron chi connectivity index (χ4n) is 3.45. The third-order valence-corrected chi connectivity index (χ3v) is 5.87. The zero-order chi connectivity index (χ0) is 14.8. The van der Waals surface area contributed by atoms with Gasteiger partial charge in [0.1, 0.15) is 0 Å². The number of hydrogen-bond donors (Lipinski definition) is 1. The number of benzene rings is 1. The molecular weight excluding hydrogens is 323 g/mol. The summed E-state index contributed by atoms with van der Waals surface area (Å²) in [4.78, 5) is 12.6. The Bertz CT molecular complexity index is 544. The number of nitrogens with one attached hydrogen (secondary N) is 1. The molecule has 3 rings (SSSR count). The van der Waals surface area contributed by atoms with Gasteiger partial charge in [-0.25, -0.2) is 0 Å². The van der Waals surface area contributed by atoms with Crippen LogP contribution in [0.5, 0.6) is 0 Å². The normalized spacial score (nSPS) is 27.8. The molecule has 2 heterocycles. The second kappa shape index (κ2) is 6.70. The summed E-state index contributed by atoms with van der Waals surface area (Å²) in [6.07, 6.45) is 4.89. The van der Waals surface area contributed by atoms with Crippen LogP contribution in [0.3, 0.4) is 0 Å². The molecule has 21 heavy (non-hydrogen) atoms. The van der Waals surface area contributed by atoms with Crippen LogP contribution in [0.25, 0.3) is 0 Å². The van der Waals surface area contributed by atoms with Crippen LogP contribution < -0.4 is 5.32 Å². The lowest BCUT2D eigenvalue weighted by Gasteiger charge is -2.34. The molecule has 0 spiro atoms. The van der Waals surface area contributed by atoms with E-state index in [1.165, 1.54) is 12.8 Å². The second-order valence-corrected chi connectivity index (χ2v) is 7.41. The Morgan fingerprint density at radius 3 is 2.71 bits per heavy atom. The number of halogens is 1. The molecule has 0 saturated carbocycles. The van der Waals surface area contributed by atoms with Crippen molar-refractivity contribution in [3.05, 3.63) is 34.9 Å². The number of carbonyl (C=O) groups is 1. The van der Waals surface area contributed by atoms with Gasteiger partial charge in [-0.15, -0.1) is 0 Å². The number of piperidine rings is 1. The topological polar surface area (TPSA) is 32.3 Å². The van der Waals surface area contributed by atoms with Crippen LogP contribution >= 0.6 is 19.1 Å². The quantitative estimate of drug-likeness (QED) is 0.853. The van der Waals surface area contributed by atoms with E-state index in [-0.39, 0.29) is 11.9 Å². The average Bonchev–Trinajstić information content (AvgIpc) is 2.78. The largest absolute Gasteiger partial charge is 0.311 e. The summed E-state index contributed by atoms with van der Waals surface area (Å²) >= 11 is 11.2. The minimum atomic E-state index is 0.111. The Morgan fingerprint density at radius 2 is 2.10 bits per heavy atom. The van der Waals surface area contributed by atoms with Gasteiger partial charge in [0, 0.05) is 23.1 Å². The van der Waals surface area contributed by atoms with E-state index in [2.05, 4.69) is 5.32 Å². The molecule has 1 amide bonds. The van der Waals surface area contributed by atoms with Crippen molar-refractivity contribution in [3.63, 3.8) is 0 Å². The van der Waals surface area contributed by atoms with Gasteiger partial charge in [-0.1, -0.05) is 23.7 Å². The Hall–Kier alpha value is -0.540. The highest BCUT2D eigenvalue weighted by Crippen LogP contribution is 2.32. The van der Waals surface area contributed by atoms with E-state index < -0.39 is 0 Å². The first-order valence-corrected chi connectivity index (χ1v) is 9.55. The lowest BCUT2D eigenvalue weighted by molar-refractivity contribution is -0.127. The van der Waals surface area contributed by atoms with Crippen molar-refractivity contribution >= 4 is 36.8 Å². The smallest absolute Gasteiger partial charge is 0.235 e. The lowest BCUT2D eigenvalue weighted by Crippen LogP contribution is -2.47. The Balaban J connectivity index is 1.68. The summed E-state index contributed by atoms with van der Waals surface area (Å²) in [5, 5.41) is 4.27. The van der Waals surface area contributed by atoms with Gasteiger partial charge in [0.15, 0.2) is 0 Å². The molecule has 3 nitrogen and oxygen atoms in total. The summed E-state index contributed by atoms with van der Waals surface area (Å²) < 4.78 is 1.86. The van der Waals surface area contributed by atoms with E-state index in [0.717, 1.165) is 18.4 Å². The van der Waals surface area contributed by atoms with E-state index in [4.69, 9.17) is 23.4 Å². The fourth-order valence-corrected chi connectivity index (χ4v) is 4.82. The maximum absolute atomic E-state index is 12.6. The summed E-state index contributed by atoms with van der Waals surface area (Å²) in [5.74, 6) is 0.111. The second-order valence-electron chi connectivity index (χ2n) is 5.89. The number of fused-ring (bicyclic) bond motifs is 2. The van der Waals surface area contributed by atoms with Gasteiger partial charge in [0.2, 0.25) is 5.91 Å². The van der Waals surface area contributed by atoms with Gasteiger partial charge < -0.3 is 5.32 Å². The van der Waals surface area contributed by atoms with Crippen LogP contribution in [-0.4, -0.2) is 28.7 Å². The van der Waals surface area contributed by atoms with E-state index in [1.54, 1.807) is 0 Å². The van der Waals surface area contributed by atoms with Gasteiger partial charge in [-0.3, -0.25) is 9.46 Å². The first-order chi connectivity index (χ1) is 10.2. The van der Waals surface area contributed by atoms with Crippen LogP contribution in [0, 0.1) is 0 Å². The molecule has 3 atom stereocenters. The average molecular weight is 341 g/mol. The van der Waals surface area contributed by atoms with Crippen molar-refractivity contribution in [1.82, 2.24) is 9.99 Å². The SMILES string of the molecule is O=C(Cc1cccc(Cl)c1)N(P=S)C1C[C@H]2CC[C@@H](C1)N2. The molecule has 0 aliphatic carbocycles. The van der Waals surface area contributed by atoms with Crippen LogP contribution in [0.4, 0.5) is 0 Å². The molecule has 1 aromatic carbocycles. The molecule has 2 fully saturated rings. The predicted molar refractivity (Wildman–Crippen MR) is 89.3 cm³/mol. The highest BCUT2D eigenvalue weighted by atomic mass is 35.5. The molecule has 2 saturated heterocycles. The summed E-state index contributed by atoms with van der Waals surface area (Å²) in [6, 6.07) is 8.90. The molecule has 1 unspecified atom stereocenters. The molecule has 112 valence electrons. The fraction of sp³-hybridized carbons (Fsp3) is 0.533. The minimum absolute atomic E-state index is 0.111. The monoisotopic (exact) mass is 340 g/mol. The summed E-state index contributed by atoms with van der Waals surface area (Å²) in [5.41, 5.74) is 0.952. The molecule has 6 heteroatoms. The lowest BCUT2D eigenvalue weighted by atomic mass is 9.99. The van der Waals surface area contributed by atoms with Crippen LogP contribution in [0.1, 0.15) is 31.2 Å². The van der Waals surface area contributed by atoms with Gasteiger partial charge in [-0.2, -0.15) is 0 Å². The predicted octanol–water partition coefficient (Wildman–Crippen LogP) is 3.32. The van der Waals surface area contributed by atoms with Crippen molar-refractivity contribution < 1.29 is 4.79 Å². The van der Waals surface area contributed by atoms with Crippen molar-refractivity contribution in [1.29, 1.82) is 0 Å². The summed E-state index contributed by atoms with van der Waals surface area (Å²) in [7, 11) is 0.634. The van der Waals surface area contributed by atoms with Gasteiger partial charge in [0.25, 0.3) is 0 Å². The molecule has 1 aromatic rings. The zero-order valence-corrected chi connectivity index (χ0v) is 14.1. The van der Waals surface area contributed by atoms with E-state index >= 15 is 0 Å². The first kappa shape index (κ1) is 15.4. The van der Waals surface area contributed by atoms with Crippen molar-refractivity contribution in [2.45, 2.75) is 50.2 Å². The Labute approximate surface area is 136 Å². The van der Waals surface area contributed by atoms with Crippen LogP contribution in [0.15, 0.2) is 24.3 Å². The highest BCUT2D eigenvalue weighted by Gasteiger charge is 2.37. The van der Waals surface area contributed by atoms with Crippen molar-refractivity contribution in [3.8, 4) is 0 Å². The summed E-state index contributed by atoms with van der Waals surface area (Å²) in [6.45, 7) is 0. The van der Waals surface area contributed by atoms with Crippen molar-refractivity contribution in [2.24, 2.45) is 0 Å².